The highest BCUT2D eigenvalue weighted by atomic mass is 32.2. The first kappa shape index (κ1) is 21.5. The number of amides is 2. The van der Waals surface area contributed by atoms with Crippen molar-refractivity contribution in [2.75, 3.05) is 11.9 Å². The maximum absolute atomic E-state index is 13.1. The fourth-order valence-corrected chi connectivity index (χ4v) is 5.55. The molecule has 1 saturated heterocycles. The van der Waals surface area contributed by atoms with Crippen molar-refractivity contribution >= 4 is 27.5 Å². The van der Waals surface area contributed by atoms with Gasteiger partial charge in [-0.15, -0.1) is 0 Å². The van der Waals surface area contributed by atoms with Crippen molar-refractivity contribution in [3.63, 3.8) is 0 Å². The molecule has 0 radical (unpaired) electrons. The molecular weight excluding hydrogens is 414 g/mol. The molecule has 2 aromatic rings. The highest BCUT2D eigenvalue weighted by Crippen LogP contribution is 2.26. The van der Waals surface area contributed by atoms with E-state index in [1.807, 2.05) is 6.92 Å². The molecule has 8 heteroatoms. The minimum atomic E-state index is -3.66. The van der Waals surface area contributed by atoms with E-state index in [9.17, 15) is 18.0 Å². The van der Waals surface area contributed by atoms with Gasteiger partial charge in [-0.25, -0.2) is 8.42 Å². The third kappa shape index (κ3) is 4.97. The Morgan fingerprint density at radius 2 is 1.65 bits per heavy atom. The number of piperidine rings is 1. The van der Waals surface area contributed by atoms with Gasteiger partial charge in [0.05, 0.1) is 4.90 Å². The Morgan fingerprint density at radius 3 is 2.35 bits per heavy atom. The van der Waals surface area contributed by atoms with Crippen molar-refractivity contribution in [1.82, 2.24) is 9.62 Å². The summed E-state index contributed by atoms with van der Waals surface area (Å²) in [7, 11) is -3.66. The summed E-state index contributed by atoms with van der Waals surface area (Å²) in [5, 5.41) is 5.68. The SMILES string of the molecule is C[C@H]1CCCCN1S(=O)(=O)c1cccc(C(=O)Nc2cccc(C(=O)NC3CC3)c2)c1. The van der Waals surface area contributed by atoms with E-state index in [1.54, 1.807) is 36.4 Å². The Bertz CT molecular complexity index is 1100. The molecule has 0 spiro atoms. The lowest BCUT2D eigenvalue weighted by Gasteiger charge is -2.32. The van der Waals surface area contributed by atoms with Crippen LogP contribution in [0.5, 0.6) is 0 Å². The molecule has 2 aromatic carbocycles. The van der Waals surface area contributed by atoms with Crippen molar-refractivity contribution < 1.29 is 18.0 Å². The number of benzene rings is 2. The first-order valence-corrected chi connectivity index (χ1v) is 12.1. The van der Waals surface area contributed by atoms with Crippen LogP contribution in [0, 0.1) is 0 Å². The second-order valence-electron chi connectivity index (χ2n) is 8.27. The molecule has 164 valence electrons. The third-order valence-corrected chi connectivity index (χ3v) is 7.75. The van der Waals surface area contributed by atoms with Gasteiger partial charge in [-0.1, -0.05) is 18.6 Å². The number of nitrogens with zero attached hydrogens (tertiary/aromatic N) is 1. The van der Waals surface area contributed by atoms with Gasteiger partial charge in [0, 0.05) is 35.4 Å². The number of hydrogen-bond acceptors (Lipinski definition) is 4. The van der Waals surface area contributed by atoms with Crippen LogP contribution < -0.4 is 10.6 Å². The van der Waals surface area contributed by atoms with Crippen LogP contribution in [0.25, 0.3) is 0 Å². The monoisotopic (exact) mass is 441 g/mol. The van der Waals surface area contributed by atoms with E-state index in [0.29, 0.717) is 17.8 Å². The number of nitrogens with one attached hydrogen (secondary N) is 2. The van der Waals surface area contributed by atoms with Crippen molar-refractivity contribution in [1.29, 1.82) is 0 Å². The first-order chi connectivity index (χ1) is 14.8. The lowest BCUT2D eigenvalue weighted by atomic mass is 10.1. The summed E-state index contributed by atoms with van der Waals surface area (Å²) >= 11 is 0. The minimum absolute atomic E-state index is 0.0549. The fourth-order valence-electron chi connectivity index (χ4n) is 3.80. The largest absolute Gasteiger partial charge is 0.349 e. The molecule has 7 nitrogen and oxygen atoms in total. The van der Waals surface area contributed by atoms with Gasteiger partial charge in [-0.3, -0.25) is 9.59 Å². The van der Waals surface area contributed by atoms with Gasteiger partial charge in [0.15, 0.2) is 0 Å². The quantitative estimate of drug-likeness (QED) is 0.718. The number of carbonyl (C=O) groups is 2. The summed E-state index contributed by atoms with van der Waals surface area (Å²) in [5.74, 6) is -0.592. The van der Waals surface area contributed by atoms with Gasteiger partial charge in [0.25, 0.3) is 11.8 Å². The summed E-state index contributed by atoms with van der Waals surface area (Å²) in [4.78, 5) is 25.1. The first-order valence-electron chi connectivity index (χ1n) is 10.7. The Morgan fingerprint density at radius 1 is 0.935 bits per heavy atom. The average molecular weight is 442 g/mol. The molecular formula is C23H27N3O4S. The van der Waals surface area contributed by atoms with Gasteiger partial charge < -0.3 is 10.6 Å². The maximum Gasteiger partial charge on any atom is 0.255 e. The summed E-state index contributed by atoms with van der Waals surface area (Å²) in [6, 6.07) is 13.0. The van der Waals surface area contributed by atoms with Crippen LogP contribution >= 0.6 is 0 Å². The lowest BCUT2D eigenvalue weighted by Crippen LogP contribution is -2.41. The Labute approximate surface area is 182 Å². The molecule has 1 aliphatic carbocycles. The summed E-state index contributed by atoms with van der Waals surface area (Å²) in [6.45, 7) is 2.41. The summed E-state index contributed by atoms with van der Waals surface area (Å²) < 4.78 is 27.7. The molecule has 2 aliphatic rings. The minimum Gasteiger partial charge on any atom is -0.349 e. The molecule has 2 N–H and O–H groups in total. The summed E-state index contributed by atoms with van der Waals surface area (Å²) in [6.07, 6.45) is 4.70. The van der Waals surface area contributed by atoms with Crippen LogP contribution in [-0.2, 0) is 10.0 Å². The molecule has 2 fully saturated rings. The molecule has 0 bridgehead atoms. The van der Waals surface area contributed by atoms with Crippen molar-refractivity contribution in [3.05, 3.63) is 59.7 Å². The van der Waals surface area contributed by atoms with Gasteiger partial charge in [0.2, 0.25) is 10.0 Å². The van der Waals surface area contributed by atoms with E-state index < -0.39 is 15.9 Å². The third-order valence-electron chi connectivity index (χ3n) is 5.74. The average Bonchev–Trinajstić information content (AvgIpc) is 3.58. The predicted molar refractivity (Wildman–Crippen MR) is 119 cm³/mol. The maximum atomic E-state index is 13.1. The molecule has 0 unspecified atom stereocenters. The molecule has 31 heavy (non-hydrogen) atoms. The Kier molecular flexibility index (Phi) is 6.11. The molecule has 1 heterocycles. The zero-order chi connectivity index (χ0) is 22.0. The molecule has 0 aromatic heterocycles. The topological polar surface area (TPSA) is 95.6 Å². The number of carbonyl (C=O) groups excluding carboxylic acids is 2. The lowest BCUT2D eigenvalue weighted by molar-refractivity contribution is 0.0949. The van der Waals surface area contributed by atoms with Crippen LogP contribution in [-0.4, -0.2) is 43.2 Å². The standard InChI is InChI=1S/C23H27N3O4S/c1-16-6-2-3-13-26(16)31(29,30)21-10-5-8-18(15-21)23(28)25-20-9-4-7-17(14-20)22(27)24-19-11-12-19/h4-5,7-10,14-16,19H,2-3,6,11-13H2,1H3,(H,24,27)(H,25,28)/t16-/m0/s1. The van der Waals surface area contributed by atoms with Crippen LogP contribution in [0.4, 0.5) is 5.69 Å². The van der Waals surface area contributed by atoms with E-state index in [1.165, 1.54) is 16.4 Å². The molecule has 4 rings (SSSR count). The Balaban J connectivity index is 1.50. The second kappa shape index (κ2) is 8.80. The van der Waals surface area contributed by atoms with E-state index in [0.717, 1.165) is 32.1 Å². The van der Waals surface area contributed by atoms with Gasteiger partial charge in [-0.05, 0) is 69.0 Å². The van der Waals surface area contributed by atoms with Crippen molar-refractivity contribution in [2.45, 2.75) is 56.0 Å². The van der Waals surface area contributed by atoms with Crippen LogP contribution in [0.2, 0.25) is 0 Å². The fraction of sp³-hybridized carbons (Fsp3) is 0.391. The highest BCUT2D eigenvalue weighted by molar-refractivity contribution is 7.89. The number of rotatable bonds is 6. The number of sulfonamides is 1. The van der Waals surface area contributed by atoms with E-state index in [2.05, 4.69) is 10.6 Å². The zero-order valence-corrected chi connectivity index (χ0v) is 18.3. The van der Waals surface area contributed by atoms with E-state index in [-0.39, 0.29) is 28.4 Å². The van der Waals surface area contributed by atoms with Gasteiger partial charge >= 0.3 is 0 Å². The molecule has 2 amide bonds. The van der Waals surface area contributed by atoms with Gasteiger partial charge in [-0.2, -0.15) is 4.31 Å². The number of anilines is 1. The zero-order valence-electron chi connectivity index (χ0n) is 17.5. The van der Waals surface area contributed by atoms with Crippen molar-refractivity contribution in [3.8, 4) is 0 Å². The number of hydrogen-bond donors (Lipinski definition) is 2. The summed E-state index contributed by atoms with van der Waals surface area (Å²) in [5.41, 5.74) is 1.20. The molecule has 1 aliphatic heterocycles. The smallest absolute Gasteiger partial charge is 0.255 e. The second-order valence-corrected chi connectivity index (χ2v) is 10.2. The Hall–Kier alpha value is -2.71. The normalized spacial score (nSPS) is 19.6. The van der Waals surface area contributed by atoms with E-state index in [4.69, 9.17) is 0 Å². The molecule has 1 atom stereocenters. The van der Waals surface area contributed by atoms with Gasteiger partial charge in [0.1, 0.15) is 0 Å². The predicted octanol–water partition coefficient (Wildman–Crippen LogP) is 3.39. The van der Waals surface area contributed by atoms with Crippen molar-refractivity contribution in [2.24, 2.45) is 0 Å². The van der Waals surface area contributed by atoms with Crippen LogP contribution in [0.1, 0.15) is 59.7 Å². The van der Waals surface area contributed by atoms with Crippen LogP contribution in [0.3, 0.4) is 0 Å². The van der Waals surface area contributed by atoms with Crippen LogP contribution in [0.15, 0.2) is 53.4 Å². The van der Waals surface area contributed by atoms with E-state index >= 15 is 0 Å². The highest BCUT2D eigenvalue weighted by Gasteiger charge is 2.31. The molecule has 1 saturated carbocycles.